The average molecular weight is 511 g/mol. The molecule has 3 aromatic rings. The van der Waals surface area contributed by atoms with Crippen LogP contribution in [0.2, 0.25) is 0 Å². The third kappa shape index (κ3) is 5.93. The second-order valence-corrected chi connectivity index (χ2v) is 5.51. The maximum Gasteiger partial charge on any atom is 0.155 e. The molecule has 1 heterocycles. The van der Waals surface area contributed by atoms with Gasteiger partial charge in [0.15, 0.2) is 5.78 Å². The van der Waals surface area contributed by atoms with Gasteiger partial charge in [0, 0.05) is 32.4 Å². The van der Waals surface area contributed by atoms with E-state index in [4.69, 9.17) is 5.11 Å². The molecule has 0 bridgehead atoms. The first-order chi connectivity index (χ1) is 11.5. The van der Waals surface area contributed by atoms with E-state index in [-0.39, 0.29) is 31.6 Å². The molecule has 0 saturated heterocycles. The quantitative estimate of drug-likeness (QED) is 0.298. The fourth-order valence-corrected chi connectivity index (χ4v) is 2.39. The van der Waals surface area contributed by atoms with E-state index in [1.54, 1.807) is 0 Å². The van der Waals surface area contributed by atoms with Gasteiger partial charge in [-0.15, -0.1) is 35.4 Å². The number of benzene rings is 2. The van der Waals surface area contributed by atoms with Crippen LogP contribution in [0.3, 0.4) is 0 Å². The van der Waals surface area contributed by atoms with Gasteiger partial charge in [-0.2, -0.15) is 0 Å². The Morgan fingerprint density at radius 1 is 1.12 bits per heavy atom. The molecule has 0 unspecified atom stereocenters. The van der Waals surface area contributed by atoms with Gasteiger partial charge in [-0.05, 0) is 36.4 Å². The summed E-state index contributed by atoms with van der Waals surface area (Å²) < 4.78 is 0. The normalized spacial score (nSPS) is 10.4. The summed E-state index contributed by atoms with van der Waals surface area (Å²) in [6, 6.07) is 19.7. The fourth-order valence-electron chi connectivity index (χ4n) is 2.39. The largest absolute Gasteiger partial charge is 0.512 e. The second kappa shape index (κ2) is 9.87. The number of aromatic nitrogens is 1. The standard InChI is InChI=1S/C16H12N.C5H8O2.Ir/c1-12-6-2-4-8-14(12)16-15-9-5-3-7-13(15)10-11-17-16;1-4(6)3-5(2)7;/h2-7,9-11H,1H3;3,6H,1-2H3;/q-1;;/b;4-3-;. The van der Waals surface area contributed by atoms with Crippen LogP contribution in [0.25, 0.3) is 22.0 Å². The molecule has 0 aliphatic carbocycles. The summed E-state index contributed by atoms with van der Waals surface area (Å²) in [5.74, 6) is -0.0625. The van der Waals surface area contributed by atoms with Crippen molar-refractivity contribution in [1.82, 2.24) is 4.98 Å². The molecule has 3 rings (SSSR count). The molecule has 0 spiro atoms. The van der Waals surface area contributed by atoms with E-state index in [0.29, 0.717) is 0 Å². The Balaban J connectivity index is 0.000000339. The average Bonchev–Trinajstić information content (AvgIpc) is 2.54. The van der Waals surface area contributed by atoms with E-state index in [0.717, 1.165) is 11.3 Å². The van der Waals surface area contributed by atoms with E-state index >= 15 is 0 Å². The number of aliphatic hydroxyl groups is 1. The van der Waals surface area contributed by atoms with Gasteiger partial charge >= 0.3 is 0 Å². The maximum atomic E-state index is 10.0. The van der Waals surface area contributed by atoms with Gasteiger partial charge in [-0.1, -0.05) is 31.2 Å². The van der Waals surface area contributed by atoms with Gasteiger partial charge in [0.05, 0.1) is 5.76 Å². The second-order valence-electron chi connectivity index (χ2n) is 5.51. The van der Waals surface area contributed by atoms with E-state index in [1.165, 1.54) is 36.3 Å². The van der Waals surface area contributed by atoms with Gasteiger partial charge in [-0.25, -0.2) is 0 Å². The molecule has 0 aliphatic heterocycles. The molecule has 1 aromatic heterocycles. The number of aliphatic hydroxyl groups excluding tert-OH is 1. The Kier molecular flexibility index (Phi) is 8.20. The maximum absolute atomic E-state index is 10.0. The van der Waals surface area contributed by atoms with Crippen LogP contribution in [-0.2, 0) is 24.9 Å². The van der Waals surface area contributed by atoms with Crippen LogP contribution in [0.1, 0.15) is 19.4 Å². The van der Waals surface area contributed by atoms with Crippen LogP contribution in [0.15, 0.2) is 66.6 Å². The van der Waals surface area contributed by atoms with Crippen LogP contribution in [0.4, 0.5) is 0 Å². The molecular formula is C21H20IrNO2-. The number of rotatable bonds is 2. The Bertz CT molecular complexity index is 878. The number of hydrogen-bond acceptors (Lipinski definition) is 3. The number of carbonyl (C=O) groups excluding carboxylic acids is 1. The van der Waals surface area contributed by atoms with Crippen molar-refractivity contribution < 1.29 is 30.0 Å². The molecule has 2 aromatic carbocycles. The van der Waals surface area contributed by atoms with Crippen molar-refractivity contribution in [3.8, 4) is 11.3 Å². The minimum atomic E-state index is -0.125. The van der Waals surface area contributed by atoms with Crippen molar-refractivity contribution in [2.45, 2.75) is 20.8 Å². The van der Waals surface area contributed by atoms with Crippen molar-refractivity contribution in [3.63, 3.8) is 0 Å². The minimum absolute atomic E-state index is 0. The smallest absolute Gasteiger partial charge is 0.155 e. The number of ketones is 1. The van der Waals surface area contributed by atoms with Crippen LogP contribution < -0.4 is 0 Å². The molecule has 25 heavy (non-hydrogen) atoms. The van der Waals surface area contributed by atoms with Gasteiger partial charge in [-0.3, -0.25) is 4.79 Å². The van der Waals surface area contributed by atoms with Gasteiger partial charge in [0.25, 0.3) is 0 Å². The SMILES string of the molecule is CC(=O)/C=C(/C)O.Cc1ccc[c-]c1-c1nccc2ccccc12.[Ir]. The minimum Gasteiger partial charge on any atom is -0.512 e. The third-order valence-corrected chi connectivity index (χ3v) is 3.39. The zero-order valence-electron chi connectivity index (χ0n) is 14.4. The molecular weight excluding hydrogens is 490 g/mol. The van der Waals surface area contributed by atoms with Crippen LogP contribution in [0, 0.1) is 13.0 Å². The molecule has 1 radical (unpaired) electrons. The molecule has 131 valence electrons. The van der Waals surface area contributed by atoms with Crippen molar-refractivity contribution in [2.24, 2.45) is 0 Å². The molecule has 0 atom stereocenters. The predicted molar refractivity (Wildman–Crippen MR) is 97.8 cm³/mol. The summed E-state index contributed by atoms with van der Waals surface area (Å²) in [4.78, 5) is 14.5. The van der Waals surface area contributed by atoms with E-state index in [1.807, 2.05) is 36.5 Å². The van der Waals surface area contributed by atoms with Crippen LogP contribution >= 0.6 is 0 Å². The zero-order chi connectivity index (χ0) is 17.5. The number of nitrogens with zero attached hydrogens (tertiary/aromatic N) is 1. The Labute approximate surface area is 161 Å². The van der Waals surface area contributed by atoms with Crippen molar-refractivity contribution in [2.75, 3.05) is 0 Å². The number of pyridine rings is 1. The number of hydrogen-bond donors (Lipinski definition) is 1. The molecule has 0 fully saturated rings. The van der Waals surface area contributed by atoms with E-state index in [9.17, 15) is 4.79 Å². The van der Waals surface area contributed by atoms with Gasteiger partial charge < -0.3 is 10.1 Å². The molecule has 4 heteroatoms. The van der Waals surface area contributed by atoms with Crippen molar-refractivity contribution in [1.29, 1.82) is 0 Å². The van der Waals surface area contributed by atoms with Crippen molar-refractivity contribution in [3.05, 3.63) is 78.2 Å². The third-order valence-electron chi connectivity index (χ3n) is 3.39. The van der Waals surface area contributed by atoms with Gasteiger partial charge in [0.2, 0.25) is 0 Å². The summed E-state index contributed by atoms with van der Waals surface area (Å²) in [5.41, 5.74) is 3.31. The topological polar surface area (TPSA) is 50.2 Å². The monoisotopic (exact) mass is 511 g/mol. The Morgan fingerprint density at radius 3 is 2.44 bits per heavy atom. The number of carbonyl (C=O) groups is 1. The van der Waals surface area contributed by atoms with Gasteiger partial charge in [0.1, 0.15) is 0 Å². The summed E-state index contributed by atoms with van der Waals surface area (Å²) >= 11 is 0. The summed E-state index contributed by atoms with van der Waals surface area (Å²) in [6.45, 7) is 4.94. The Hall–Kier alpha value is -2.29. The Morgan fingerprint density at radius 2 is 1.84 bits per heavy atom. The van der Waals surface area contributed by atoms with E-state index < -0.39 is 0 Å². The molecule has 3 nitrogen and oxygen atoms in total. The first-order valence-electron chi connectivity index (χ1n) is 7.68. The van der Waals surface area contributed by atoms with Crippen molar-refractivity contribution >= 4 is 16.6 Å². The molecule has 0 saturated carbocycles. The molecule has 1 N–H and O–H groups in total. The number of aryl methyl sites for hydroxylation is 1. The zero-order valence-corrected chi connectivity index (χ0v) is 16.8. The fraction of sp³-hybridized carbons (Fsp3) is 0.143. The number of allylic oxidation sites excluding steroid dienone is 2. The first kappa shape index (κ1) is 20.8. The molecule has 0 amide bonds. The summed E-state index contributed by atoms with van der Waals surface area (Å²) in [5, 5.41) is 10.8. The summed E-state index contributed by atoms with van der Waals surface area (Å²) in [6.07, 6.45) is 3.03. The number of fused-ring (bicyclic) bond motifs is 1. The first-order valence-corrected chi connectivity index (χ1v) is 7.68. The molecule has 0 aliphatic rings. The van der Waals surface area contributed by atoms with E-state index in [2.05, 4.69) is 36.2 Å². The predicted octanol–water partition coefficient (Wildman–Crippen LogP) is 5.05. The van der Waals surface area contributed by atoms with Crippen LogP contribution in [-0.4, -0.2) is 15.9 Å². The summed E-state index contributed by atoms with van der Waals surface area (Å²) in [7, 11) is 0. The van der Waals surface area contributed by atoms with Crippen LogP contribution in [0.5, 0.6) is 0 Å².